The molecular formula is C12H17ClN2O2. The van der Waals surface area contributed by atoms with Gasteiger partial charge in [-0.15, -0.1) is 12.4 Å². The average molecular weight is 257 g/mol. The van der Waals surface area contributed by atoms with Crippen molar-refractivity contribution in [2.45, 2.75) is 19.4 Å². The van der Waals surface area contributed by atoms with Gasteiger partial charge in [-0.25, -0.2) is 0 Å². The molecule has 0 unspecified atom stereocenters. The Labute approximate surface area is 107 Å². The molecule has 1 aromatic rings. The minimum absolute atomic E-state index is 0. The molecule has 2 heterocycles. The van der Waals surface area contributed by atoms with Crippen molar-refractivity contribution in [2.24, 2.45) is 5.92 Å². The molecule has 5 heteroatoms. The number of carbonyl (C=O) groups is 1. The van der Waals surface area contributed by atoms with E-state index in [1.807, 2.05) is 12.3 Å². The molecule has 0 saturated carbocycles. The average Bonchev–Trinajstić information content (AvgIpc) is 2.31. The van der Waals surface area contributed by atoms with Crippen LogP contribution >= 0.6 is 12.4 Å². The van der Waals surface area contributed by atoms with Gasteiger partial charge in [-0.05, 0) is 37.6 Å². The first-order valence-corrected chi connectivity index (χ1v) is 5.60. The van der Waals surface area contributed by atoms with Crippen LogP contribution in [0.3, 0.4) is 0 Å². The highest BCUT2D eigenvalue weighted by molar-refractivity contribution is 5.85. The molecule has 0 aliphatic carbocycles. The fourth-order valence-corrected chi connectivity index (χ4v) is 2.09. The van der Waals surface area contributed by atoms with Crippen molar-refractivity contribution < 1.29 is 9.90 Å². The quantitative estimate of drug-likeness (QED) is 0.896. The van der Waals surface area contributed by atoms with E-state index in [1.165, 1.54) is 5.56 Å². The maximum absolute atomic E-state index is 10.8. The van der Waals surface area contributed by atoms with E-state index in [1.54, 1.807) is 6.20 Å². The summed E-state index contributed by atoms with van der Waals surface area (Å²) in [5.41, 5.74) is 1.19. The number of pyridine rings is 1. The zero-order valence-electron chi connectivity index (χ0n) is 9.58. The van der Waals surface area contributed by atoms with Crippen molar-refractivity contribution in [3.05, 3.63) is 30.1 Å². The summed E-state index contributed by atoms with van der Waals surface area (Å²) >= 11 is 0. The van der Waals surface area contributed by atoms with Crippen LogP contribution in [-0.2, 0) is 11.3 Å². The lowest BCUT2D eigenvalue weighted by Gasteiger charge is -2.29. The number of rotatable bonds is 3. The molecule has 1 saturated heterocycles. The number of carboxylic acid groups (broad SMARTS) is 1. The van der Waals surface area contributed by atoms with Gasteiger partial charge in [-0.3, -0.25) is 14.7 Å². The largest absolute Gasteiger partial charge is 0.481 e. The Kier molecular flexibility index (Phi) is 5.38. The van der Waals surface area contributed by atoms with E-state index in [4.69, 9.17) is 5.11 Å². The highest BCUT2D eigenvalue weighted by Crippen LogP contribution is 2.18. The molecule has 0 bridgehead atoms. The van der Waals surface area contributed by atoms with Crippen molar-refractivity contribution in [2.75, 3.05) is 13.1 Å². The summed E-state index contributed by atoms with van der Waals surface area (Å²) in [6.07, 6.45) is 5.15. The predicted molar refractivity (Wildman–Crippen MR) is 67.1 cm³/mol. The molecule has 17 heavy (non-hydrogen) atoms. The number of carboxylic acids is 1. The van der Waals surface area contributed by atoms with E-state index in [9.17, 15) is 4.79 Å². The second-order valence-electron chi connectivity index (χ2n) is 4.25. The lowest BCUT2D eigenvalue weighted by atomic mass is 9.97. The Bertz CT molecular complexity index is 351. The van der Waals surface area contributed by atoms with Gasteiger partial charge in [0.15, 0.2) is 0 Å². The van der Waals surface area contributed by atoms with Crippen LogP contribution in [0.25, 0.3) is 0 Å². The third kappa shape index (κ3) is 3.98. The zero-order chi connectivity index (χ0) is 11.4. The van der Waals surface area contributed by atoms with E-state index in [-0.39, 0.29) is 18.3 Å². The first kappa shape index (κ1) is 13.9. The van der Waals surface area contributed by atoms with E-state index >= 15 is 0 Å². The first-order valence-electron chi connectivity index (χ1n) is 5.60. The van der Waals surface area contributed by atoms with Gasteiger partial charge in [0.1, 0.15) is 0 Å². The van der Waals surface area contributed by atoms with Crippen LogP contribution < -0.4 is 0 Å². The van der Waals surface area contributed by atoms with Gasteiger partial charge < -0.3 is 5.11 Å². The normalized spacial score (nSPS) is 17.4. The third-order valence-electron chi connectivity index (χ3n) is 3.07. The number of nitrogens with zero attached hydrogens (tertiary/aromatic N) is 2. The Morgan fingerprint density at radius 2 is 2.18 bits per heavy atom. The summed E-state index contributed by atoms with van der Waals surface area (Å²) < 4.78 is 0. The number of hydrogen-bond acceptors (Lipinski definition) is 3. The first-order chi connectivity index (χ1) is 7.75. The Balaban J connectivity index is 0.00000144. The molecule has 0 spiro atoms. The summed E-state index contributed by atoms with van der Waals surface area (Å²) in [5, 5.41) is 8.89. The van der Waals surface area contributed by atoms with E-state index < -0.39 is 5.97 Å². The summed E-state index contributed by atoms with van der Waals surface area (Å²) in [7, 11) is 0. The minimum Gasteiger partial charge on any atom is -0.481 e. The fourth-order valence-electron chi connectivity index (χ4n) is 2.09. The SMILES string of the molecule is Cl.O=C(O)C1CCN(Cc2cccnc2)CC1. The second-order valence-corrected chi connectivity index (χ2v) is 4.25. The van der Waals surface area contributed by atoms with E-state index in [0.717, 1.165) is 32.5 Å². The maximum atomic E-state index is 10.8. The third-order valence-corrected chi connectivity index (χ3v) is 3.07. The molecule has 1 N–H and O–H groups in total. The van der Waals surface area contributed by atoms with Gasteiger partial charge in [0.25, 0.3) is 0 Å². The highest BCUT2D eigenvalue weighted by Gasteiger charge is 2.24. The highest BCUT2D eigenvalue weighted by atomic mass is 35.5. The van der Waals surface area contributed by atoms with Gasteiger partial charge in [0.2, 0.25) is 0 Å². The van der Waals surface area contributed by atoms with Gasteiger partial charge in [0.05, 0.1) is 5.92 Å². The van der Waals surface area contributed by atoms with Crippen molar-refractivity contribution >= 4 is 18.4 Å². The van der Waals surface area contributed by atoms with Crippen molar-refractivity contribution in [1.82, 2.24) is 9.88 Å². The van der Waals surface area contributed by atoms with Crippen LogP contribution in [0.5, 0.6) is 0 Å². The van der Waals surface area contributed by atoms with Crippen LogP contribution in [-0.4, -0.2) is 34.0 Å². The maximum Gasteiger partial charge on any atom is 0.306 e. The summed E-state index contributed by atoms with van der Waals surface area (Å²) in [5.74, 6) is -0.800. The molecule has 1 fully saturated rings. The van der Waals surface area contributed by atoms with Crippen LogP contribution in [0, 0.1) is 5.92 Å². The Morgan fingerprint density at radius 1 is 1.47 bits per heavy atom. The van der Waals surface area contributed by atoms with E-state index in [0.29, 0.717) is 0 Å². The van der Waals surface area contributed by atoms with E-state index in [2.05, 4.69) is 16.0 Å². The summed E-state index contributed by atoms with van der Waals surface area (Å²) in [4.78, 5) is 17.2. The van der Waals surface area contributed by atoms with Gasteiger partial charge >= 0.3 is 5.97 Å². The molecule has 4 nitrogen and oxygen atoms in total. The molecule has 94 valence electrons. The van der Waals surface area contributed by atoms with Crippen molar-refractivity contribution in [1.29, 1.82) is 0 Å². The zero-order valence-corrected chi connectivity index (χ0v) is 10.4. The number of piperidine rings is 1. The molecule has 1 aliphatic rings. The molecule has 1 aliphatic heterocycles. The number of halogens is 1. The molecule has 2 rings (SSSR count). The molecule has 0 radical (unpaired) electrons. The molecule has 0 atom stereocenters. The summed E-state index contributed by atoms with van der Waals surface area (Å²) in [6, 6.07) is 3.98. The van der Waals surface area contributed by atoms with Crippen LogP contribution in [0.4, 0.5) is 0 Å². The Morgan fingerprint density at radius 3 is 2.71 bits per heavy atom. The van der Waals surface area contributed by atoms with Gasteiger partial charge in [0, 0.05) is 18.9 Å². The molecule has 0 amide bonds. The minimum atomic E-state index is -0.652. The van der Waals surface area contributed by atoms with Crippen LogP contribution in [0.2, 0.25) is 0 Å². The summed E-state index contributed by atoms with van der Waals surface area (Å²) in [6.45, 7) is 2.61. The van der Waals surface area contributed by atoms with Crippen molar-refractivity contribution in [3.8, 4) is 0 Å². The monoisotopic (exact) mass is 256 g/mol. The van der Waals surface area contributed by atoms with Crippen LogP contribution in [0.1, 0.15) is 18.4 Å². The van der Waals surface area contributed by atoms with Gasteiger partial charge in [-0.2, -0.15) is 0 Å². The van der Waals surface area contributed by atoms with Crippen molar-refractivity contribution in [3.63, 3.8) is 0 Å². The second kappa shape index (κ2) is 6.57. The number of aliphatic carboxylic acids is 1. The molecule has 0 aromatic carbocycles. The number of hydrogen-bond donors (Lipinski definition) is 1. The predicted octanol–water partition coefficient (Wildman–Crippen LogP) is 1.80. The van der Waals surface area contributed by atoms with Gasteiger partial charge in [-0.1, -0.05) is 6.07 Å². The Hall–Kier alpha value is -1.13. The van der Waals surface area contributed by atoms with Crippen LogP contribution in [0.15, 0.2) is 24.5 Å². The smallest absolute Gasteiger partial charge is 0.306 e. The number of likely N-dealkylation sites (tertiary alicyclic amines) is 1. The lowest BCUT2D eigenvalue weighted by Crippen LogP contribution is -2.35. The fraction of sp³-hybridized carbons (Fsp3) is 0.500. The lowest BCUT2D eigenvalue weighted by molar-refractivity contribution is -0.143. The topological polar surface area (TPSA) is 53.4 Å². The molecular weight excluding hydrogens is 240 g/mol. The molecule has 1 aromatic heterocycles. The number of aromatic nitrogens is 1. The standard InChI is InChI=1S/C12H16N2O2.ClH/c15-12(16)11-3-6-14(7-4-11)9-10-2-1-5-13-8-10;/h1-2,5,8,11H,3-4,6-7,9H2,(H,15,16);1H.